The molecule has 3 nitrogen and oxygen atoms in total. The van der Waals surface area contributed by atoms with Crippen LogP contribution in [0.3, 0.4) is 0 Å². The standard InChI is InChI=1S/C15H26BN3/c1-10(2)7-14(16)12(5)8-13(6)19-9-15(11(3)4)17-18-19/h7,9-13H,8H2,1-6H3/b14-7-. The van der Waals surface area contributed by atoms with E-state index in [9.17, 15) is 0 Å². The molecule has 0 N–H and O–H groups in total. The summed E-state index contributed by atoms with van der Waals surface area (Å²) in [4.78, 5) is 0. The maximum atomic E-state index is 6.11. The molecule has 1 heterocycles. The van der Waals surface area contributed by atoms with Gasteiger partial charge in [0.2, 0.25) is 0 Å². The molecule has 0 saturated carbocycles. The topological polar surface area (TPSA) is 30.7 Å². The molecule has 0 fully saturated rings. The van der Waals surface area contributed by atoms with Crippen LogP contribution in [0, 0.1) is 11.8 Å². The Kier molecular flexibility index (Phi) is 5.83. The summed E-state index contributed by atoms with van der Waals surface area (Å²) in [6.07, 6.45) is 5.17. The largest absolute Gasteiger partial charge is 0.249 e. The fourth-order valence-corrected chi connectivity index (χ4v) is 2.08. The average molecular weight is 259 g/mol. The monoisotopic (exact) mass is 259 g/mol. The predicted molar refractivity (Wildman–Crippen MR) is 81.3 cm³/mol. The zero-order valence-electron chi connectivity index (χ0n) is 13.1. The zero-order valence-corrected chi connectivity index (χ0v) is 13.1. The highest BCUT2D eigenvalue weighted by Crippen LogP contribution is 2.22. The molecule has 104 valence electrons. The van der Waals surface area contributed by atoms with Crippen LogP contribution in [0.5, 0.6) is 0 Å². The van der Waals surface area contributed by atoms with Crippen molar-refractivity contribution in [1.82, 2.24) is 15.0 Å². The first kappa shape index (κ1) is 16.0. The van der Waals surface area contributed by atoms with Crippen LogP contribution in [0.4, 0.5) is 0 Å². The molecule has 0 spiro atoms. The Bertz CT molecular complexity index is 421. The summed E-state index contributed by atoms with van der Waals surface area (Å²) < 4.78 is 1.95. The molecule has 2 radical (unpaired) electrons. The maximum Gasteiger partial charge on any atom is 0.107 e. The lowest BCUT2D eigenvalue weighted by molar-refractivity contribution is 0.405. The lowest BCUT2D eigenvalue weighted by Gasteiger charge is -2.19. The van der Waals surface area contributed by atoms with Crippen molar-refractivity contribution < 1.29 is 0 Å². The highest BCUT2D eigenvalue weighted by Gasteiger charge is 2.14. The highest BCUT2D eigenvalue weighted by atomic mass is 15.4. The lowest BCUT2D eigenvalue weighted by atomic mass is 9.79. The van der Waals surface area contributed by atoms with Gasteiger partial charge in [0.15, 0.2) is 0 Å². The minimum absolute atomic E-state index is 0.314. The van der Waals surface area contributed by atoms with Crippen LogP contribution in [0.15, 0.2) is 17.7 Å². The normalized spacial score (nSPS) is 16.1. The van der Waals surface area contributed by atoms with Crippen molar-refractivity contribution in [3.8, 4) is 0 Å². The van der Waals surface area contributed by atoms with Gasteiger partial charge in [-0.1, -0.05) is 45.9 Å². The van der Waals surface area contributed by atoms with Crippen molar-refractivity contribution in [3.63, 3.8) is 0 Å². The van der Waals surface area contributed by atoms with Crippen LogP contribution in [0.25, 0.3) is 0 Å². The molecule has 1 aromatic rings. The van der Waals surface area contributed by atoms with E-state index in [1.165, 1.54) is 0 Å². The van der Waals surface area contributed by atoms with E-state index in [-0.39, 0.29) is 0 Å². The second kappa shape index (κ2) is 6.92. The average Bonchev–Trinajstić information content (AvgIpc) is 2.77. The van der Waals surface area contributed by atoms with Crippen LogP contribution in [-0.2, 0) is 0 Å². The van der Waals surface area contributed by atoms with E-state index in [4.69, 9.17) is 7.85 Å². The van der Waals surface area contributed by atoms with Crippen molar-refractivity contribution in [2.75, 3.05) is 0 Å². The van der Waals surface area contributed by atoms with Gasteiger partial charge in [-0.15, -0.1) is 10.6 Å². The quantitative estimate of drug-likeness (QED) is 0.729. The molecular weight excluding hydrogens is 233 g/mol. The Labute approximate surface area is 118 Å². The summed E-state index contributed by atoms with van der Waals surface area (Å²) in [5.41, 5.74) is 2.02. The van der Waals surface area contributed by atoms with Gasteiger partial charge in [-0.05, 0) is 31.1 Å². The molecule has 0 aromatic carbocycles. The Balaban J connectivity index is 2.65. The molecular formula is C15H26BN3. The molecule has 0 aliphatic heterocycles. The minimum atomic E-state index is 0.314. The van der Waals surface area contributed by atoms with Crippen LogP contribution >= 0.6 is 0 Å². The molecule has 1 aromatic heterocycles. The molecule has 1 rings (SSSR count). The zero-order chi connectivity index (χ0) is 14.6. The summed E-state index contributed by atoms with van der Waals surface area (Å²) >= 11 is 0. The molecule has 0 saturated heterocycles. The SMILES string of the molecule is [B]/C(=C\C(C)C)C(C)CC(C)n1cc(C(C)C)nn1. The summed E-state index contributed by atoms with van der Waals surface area (Å²) in [6.45, 7) is 12.9. The van der Waals surface area contributed by atoms with Crippen LogP contribution in [0.1, 0.15) is 65.6 Å². The van der Waals surface area contributed by atoms with Gasteiger partial charge >= 0.3 is 0 Å². The first-order valence-electron chi connectivity index (χ1n) is 7.20. The second-order valence-corrected chi connectivity index (χ2v) is 6.17. The molecule has 2 atom stereocenters. The molecule has 2 unspecified atom stereocenters. The smallest absolute Gasteiger partial charge is 0.107 e. The summed E-state index contributed by atoms with van der Waals surface area (Å²) in [5.74, 6) is 1.28. The van der Waals surface area contributed by atoms with E-state index < -0.39 is 0 Å². The molecule has 0 aliphatic carbocycles. The third kappa shape index (κ3) is 4.85. The molecule has 0 aliphatic rings. The maximum absolute atomic E-state index is 6.11. The van der Waals surface area contributed by atoms with Crippen molar-refractivity contribution in [3.05, 3.63) is 23.4 Å². The van der Waals surface area contributed by atoms with Gasteiger partial charge in [0.1, 0.15) is 7.85 Å². The number of hydrogen-bond acceptors (Lipinski definition) is 2. The Morgan fingerprint density at radius 2 is 1.89 bits per heavy atom. The summed E-state index contributed by atoms with van der Waals surface area (Å²) in [7, 11) is 6.11. The Morgan fingerprint density at radius 1 is 1.26 bits per heavy atom. The van der Waals surface area contributed by atoms with Gasteiger partial charge < -0.3 is 0 Å². The lowest BCUT2D eigenvalue weighted by Crippen LogP contribution is -2.12. The minimum Gasteiger partial charge on any atom is -0.249 e. The van der Waals surface area contributed by atoms with Crippen molar-refractivity contribution >= 4 is 7.85 Å². The van der Waals surface area contributed by atoms with E-state index in [1.54, 1.807) is 0 Å². The molecule has 4 heteroatoms. The van der Waals surface area contributed by atoms with Gasteiger partial charge in [-0.3, -0.25) is 0 Å². The van der Waals surface area contributed by atoms with Crippen LogP contribution in [-0.4, -0.2) is 22.8 Å². The van der Waals surface area contributed by atoms with Gasteiger partial charge in [0.25, 0.3) is 0 Å². The van der Waals surface area contributed by atoms with E-state index in [2.05, 4.69) is 57.9 Å². The Morgan fingerprint density at radius 3 is 2.37 bits per heavy atom. The molecule has 0 bridgehead atoms. The fourth-order valence-electron chi connectivity index (χ4n) is 2.08. The molecule has 19 heavy (non-hydrogen) atoms. The number of rotatable bonds is 6. The molecule has 0 amide bonds. The number of allylic oxidation sites excluding steroid dienone is 2. The van der Waals surface area contributed by atoms with Crippen molar-refractivity contribution in [2.45, 2.75) is 59.9 Å². The second-order valence-electron chi connectivity index (χ2n) is 6.17. The van der Waals surface area contributed by atoms with E-state index in [0.717, 1.165) is 17.6 Å². The summed E-state index contributed by atoms with van der Waals surface area (Å²) in [6, 6.07) is 0.314. The van der Waals surface area contributed by atoms with Gasteiger partial charge in [0.05, 0.1) is 11.7 Å². The van der Waals surface area contributed by atoms with Gasteiger partial charge in [-0.2, -0.15) is 0 Å². The van der Waals surface area contributed by atoms with Crippen LogP contribution in [0.2, 0.25) is 0 Å². The van der Waals surface area contributed by atoms with Crippen molar-refractivity contribution in [2.24, 2.45) is 11.8 Å². The number of hydrogen-bond donors (Lipinski definition) is 0. The highest BCUT2D eigenvalue weighted by molar-refractivity contribution is 6.21. The summed E-state index contributed by atoms with van der Waals surface area (Å²) in [5, 5.41) is 8.42. The van der Waals surface area contributed by atoms with Gasteiger partial charge in [0, 0.05) is 6.20 Å². The van der Waals surface area contributed by atoms with Crippen molar-refractivity contribution in [1.29, 1.82) is 0 Å². The predicted octanol–water partition coefficient (Wildman–Crippen LogP) is 3.70. The number of aromatic nitrogens is 3. The van der Waals surface area contributed by atoms with E-state index >= 15 is 0 Å². The third-order valence-corrected chi connectivity index (χ3v) is 3.36. The van der Waals surface area contributed by atoms with E-state index in [0.29, 0.717) is 23.8 Å². The van der Waals surface area contributed by atoms with E-state index in [1.807, 2.05) is 10.9 Å². The first-order chi connectivity index (χ1) is 8.81. The van der Waals surface area contributed by atoms with Gasteiger partial charge in [-0.25, -0.2) is 4.68 Å². The fraction of sp³-hybridized carbons (Fsp3) is 0.733. The van der Waals surface area contributed by atoms with Crippen LogP contribution < -0.4 is 0 Å². The third-order valence-electron chi connectivity index (χ3n) is 3.36. The number of nitrogens with zero attached hydrogens (tertiary/aromatic N) is 3. The first-order valence-corrected chi connectivity index (χ1v) is 7.20. The Hall–Kier alpha value is -1.06.